The molecular weight excluding hydrogens is 364 g/mol. The predicted octanol–water partition coefficient (Wildman–Crippen LogP) is 3.49. The number of carbonyl (C=O) groups is 1. The van der Waals surface area contributed by atoms with E-state index >= 15 is 0 Å². The van der Waals surface area contributed by atoms with Gasteiger partial charge in [-0.3, -0.25) is 14.8 Å². The number of ether oxygens (including phenoxy) is 1. The maximum atomic E-state index is 12.7. The lowest BCUT2D eigenvalue weighted by atomic mass is 9.93. The molecule has 0 aliphatic carbocycles. The molecule has 1 saturated heterocycles. The standard InChI is InChI=1S/C23H24N4O2/c1-29-20-8-2-5-17(14-20)13-19-7-3-9-21(26-19)18-6-4-12-27(16-18)23(28)22-15-24-10-11-25-22/h2-3,5,7-11,14-15,18H,4,6,12-13,16H2,1H3/t18-/m1/s1. The van der Waals surface area contributed by atoms with Gasteiger partial charge in [0.1, 0.15) is 11.4 Å². The summed E-state index contributed by atoms with van der Waals surface area (Å²) < 4.78 is 5.31. The van der Waals surface area contributed by atoms with Crippen molar-refractivity contribution in [3.05, 3.63) is 83.7 Å². The quantitative estimate of drug-likeness (QED) is 0.669. The number of aromatic nitrogens is 3. The van der Waals surface area contributed by atoms with Crippen LogP contribution in [-0.2, 0) is 6.42 Å². The van der Waals surface area contributed by atoms with Crippen LogP contribution in [0, 0.1) is 0 Å². The summed E-state index contributed by atoms with van der Waals surface area (Å²) in [5.74, 6) is 1.02. The molecule has 2 aromatic heterocycles. The number of carbonyl (C=O) groups excluding carboxylic acids is 1. The minimum absolute atomic E-state index is 0.0599. The summed E-state index contributed by atoms with van der Waals surface area (Å²) in [4.78, 5) is 27.7. The lowest BCUT2D eigenvalue weighted by molar-refractivity contribution is 0.0699. The summed E-state index contributed by atoms with van der Waals surface area (Å²) in [7, 11) is 1.68. The van der Waals surface area contributed by atoms with Crippen LogP contribution in [0.3, 0.4) is 0 Å². The highest BCUT2D eigenvalue weighted by Crippen LogP contribution is 2.27. The number of benzene rings is 1. The SMILES string of the molecule is COc1cccc(Cc2cccc([C@@H]3CCCN(C(=O)c4cnccn4)C3)n2)c1. The Kier molecular flexibility index (Phi) is 5.79. The zero-order valence-electron chi connectivity index (χ0n) is 16.5. The van der Waals surface area contributed by atoms with Crippen LogP contribution < -0.4 is 4.74 Å². The molecule has 1 aliphatic rings. The number of hydrogen-bond acceptors (Lipinski definition) is 5. The Morgan fingerprint density at radius 1 is 1.21 bits per heavy atom. The molecule has 6 nitrogen and oxygen atoms in total. The fourth-order valence-electron chi connectivity index (χ4n) is 3.79. The predicted molar refractivity (Wildman–Crippen MR) is 110 cm³/mol. The number of piperidine rings is 1. The van der Waals surface area contributed by atoms with Gasteiger partial charge < -0.3 is 9.64 Å². The van der Waals surface area contributed by atoms with Crippen LogP contribution in [0.5, 0.6) is 5.75 Å². The van der Waals surface area contributed by atoms with E-state index in [1.807, 2.05) is 29.2 Å². The van der Waals surface area contributed by atoms with Crippen molar-refractivity contribution in [2.24, 2.45) is 0 Å². The molecule has 1 amide bonds. The van der Waals surface area contributed by atoms with Gasteiger partial charge >= 0.3 is 0 Å². The molecule has 0 radical (unpaired) electrons. The molecule has 148 valence electrons. The summed E-state index contributed by atoms with van der Waals surface area (Å²) >= 11 is 0. The zero-order valence-corrected chi connectivity index (χ0v) is 16.5. The van der Waals surface area contributed by atoms with E-state index in [0.717, 1.165) is 48.5 Å². The maximum absolute atomic E-state index is 12.7. The van der Waals surface area contributed by atoms with Gasteiger partial charge in [-0.2, -0.15) is 0 Å². The highest BCUT2D eigenvalue weighted by molar-refractivity contribution is 5.92. The second kappa shape index (κ2) is 8.82. The molecule has 6 heteroatoms. The van der Waals surface area contributed by atoms with Crippen molar-refractivity contribution in [1.82, 2.24) is 19.9 Å². The number of pyridine rings is 1. The number of rotatable bonds is 5. The fourth-order valence-corrected chi connectivity index (χ4v) is 3.79. The zero-order chi connectivity index (χ0) is 20.1. The normalized spacial score (nSPS) is 16.4. The molecule has 0 N–H and O–H groups in total. The summed E-state index contributed by atoms with van der Waals surface area (Å²) in [5.41, 5.74) is 3.63. The van der Waals surface area contributed by atoms with Gasteiger partial charge in [0.25, 0.3) is 5.91 Å². The molecule has 3 heterocycles. The van der Waals surface area contributed by atoms with E-state index in [9.17, 15) is 4.79 Å². The Labute approximate surface area is 170 Å². The third-order valence-electron chi connectivity index (χ3n) is 5.26. The first kappa shape index (κ1) is 19.1. The van der Waals surface area contributed by atoms with E-state index in [1.165, 1.54) is 6.20 Å². The molecular formula is C23H24N4O2. The van der Waals surface area contributed by atoms with Crippen LogP contribution in [-0.4, -0.2) is 46.0 Å². The van der Waals surface area contributed by atoms with Crippen molar-refractivity contribution in [2.75, 3.05) is 20.2 Å². The number of amides is 1. The average Bonchev–Trinajstić information content (AvgIpc) is 2.79. The Balaban J connectivity index is 1.48. The minimum atomic E-state index is -0.0599. The summed E-state index contributed by atoms with van der Waals surface area (Å²) in [6, 6.07) is 14.2. The molecule has 1 atom stereocenters. The van der Waals surface area contributed by atoms with E-state index in [0.29, 0.717) is 12.2 Å². The molecule has 1 aliphatic heterocycles. The number of methoxy groups -OCH3 is 1. The van der Waals surface area contributed by atoms with Crippen molar-refractivity contribution in [3.63, 3.8) is 0 Å². The molecule has 3 aromatic rings. The van der Waals surface area contributed by atoms with Gasteiger partial charge in [0, 0.05) is 49.2 Å². The van der Waals surface area contributed by atoms with Crippen molar-refractivity contribution in [3.8, 4) is 5.75 Å². The van der Waals surface area contributed by atoms with E-state index in [4.69, 9.17) is 9.72 Å². The number of nitrogens with zero attached hydrogens (tertiary/aromatic N) is 4. The Bertz CT molecular complexity index is 977. The first-order chi connectivity index (χ1) is 14.2. The van der Waals surface area contributed by atoms with E-state index in [2.05, 4.69) is 28.2 Å². The van der Waals surface area contributed by atoms with Crippen LogP contribution in [0.25, 0.3) is 0 Å². The summed E-state index contributed by atoms with van der Waals surface area (Å²) in [6.07, 6.45) is 7.39. The summed E-state index contributed by atoms with van der Waals surface area (Å²) in [5, 5.41) is 0. The average molecular weight is 388 g/mol. The highest BCUT2D eigenvalue weighted by atomic mass is 16.5. The van der Waals surface area contributed by atoms with Crippen LogP contribution in [0.1, 0.15) is 46.2 Å². The molecule has 0 saturated carbocycles. The lowest BCUT2D eigenvalue weighted by Gasteiger charge is -2.32. The van der Waals surface area contributed by atoms with E-state index in [1.54, 1.807) is 19.5 Å². The Hall–Kier alpha value is -3.28. The lowest BCUT2D eigenvalue weighted by Crippen LogP contribution is -2.39. The molecule has 29 heavy (non-hydrogen) atoms. The number of likely N-dealkylation sites (tertiary alicyclic amines) is 1. The molecule has 1 aromatic carbocycles. The minimum Gasteiger partial charge on any atom is -0.497 e. The van der Waals surface area contributed by atoms with Crippen molar-refractivity contribution < 1.29 is 9.53 Å². The molecule has 1 fully saturated rings. The van der Waals surface area contributed by atoms with Crippen LogP contribution in [0.4, 0.5) is 0 Å². The van der Waals surface area contributed by atoms with Crippen molar-refractivity contribution in [2.45, 2.75) is 25.2 Å². The van der Waals surface area contributed by atoms with Crippen LogP contribution in [0.15, 0.2) is 61.1 Å². The Morgan fingerprint density at radius 2 is 2.10 bits per heavy atom. The first-order valence-corrected chi connectivity index (χ1v) is 9.87. The van der Waals surface area contributed by atoms with Gasteiger partial charge in [-0.05, 0) is 42.7 Å². The second-order valence-corrected chi connectivity index (χ2v) is 7.26. The van der Waals surface area contributed by atoms with Gasteiger partial charge in [-0.15, -0.1) is 0 Å². The molecule has 0 unspecified atom stereocenters. The topological polar surface area (TPSA) is 68.2 Å². The second-order valence-electron chi connectivity index (χ2n) is 7.26. The van der Waals surface area contributed by atoms with Crippen LogP contribution in [0.2, 0.25) is 0 Å². The van der Waals surface area contributed by atoms with Gasteiger partial charge in [0.2, 0.25) is 0 Å². The summed E-state index contributed by atoms with van der Waals surface area (Å²) in [6.45, 7) is 1.40. The van der Waals surface area contributed by atoms with E-state index in [-0.39, 0.29) is 11.8 Å². The third-order valence-corrected chi connectivity index (χ3v) is 5.26. The smallest absolute Gasteiger partial charge is 0.274 e. The largest absolute Gasteiger partial charge is 0.497 e. The maximum Gasteiger partial charge on any atom is 0.274 e. The van der Waals surface area contributed by atoms with Crippen molar-refractivity contribution >= 4 is 5.91 Å². The molecule has 4 rings (SSSR count). The fraction of sp³-hybridized carbons (Fsp3) is 0.304. The van der Waals surface area contributed by atoms with E-state index < -0.39 is 0 Å². The van der Waals surface area contributed by atoms with Gasteiger partial charge in [0.15, 0.2) is 0 Å². The third kappa shape index (κ3) is 4.59. The van der Waals surface area contributed by atoms with Crippen LogP contribution >= 0.6 is 0 Å². The monoisotopic (exact) mass is 388 g/mol. The number of hydrogen-bond donors (Lipinski definition) is 0. The van der Waals surface area contributed by atoms with Gasteiger partial charge in [0.05, 0.1) is 13.3 Å². The molecule has 0 bridgehead atoms. The highest BCUT2D eigenvalue weighted by Gasteiger charge is 2.27. The van der Waals surface area contributed by atoms with Gasteiger partial charge in [-0.25, -0.2) is 4.98 Å². The van der Waals surface area contributed by atoms with Gasteiger partial charge in [-0.1, -0.05) is 18.2 Å². The van der Waals surface area contributed by atoms with Crippen molar-refractivity contribution in [1.29, 1.82) is 0 Å². The first-order valence-electron chi connectivity index (χ1n) is 9.87. The Morgan fingerprint density at radius 3 is 2.93 bits per heavy atom. The molecule has 0 spiro atoms.